The fourth-order valence-corrected chi connectivity index (χ4v) is 2.96. The predicted octanol–water partition coefficient (Wildman–Crippen LogP) is 3.10. The first kappa shape index (κ1) is 17.1. The molecule has 0 aliphatic carbocycles. The summed E-state index contributed by atoms with van der Waals surface area (Å²) in [4.78, 5) is 14.5. The Kier molecular flexibility index (Phi) is 7.00. The van der Waals surface area contributed by atoms with Crippen LogP contribution in [0, 0.1) is 0 Å². The Bertz CT molecular complexity index is 475. The summed E-state index contributed by atoms with van der Waals surface area (Å²) in [5, 5.41) is 3.94. The molecule has 0 saturated carbocycles. The standard InChI is InChI=1S/C17H25ClN2O2/c1-2-11-20(14-9-10-19-13-14)17(21)8-5-12-22-16-7-4-3-6-15(16)18/h3-4,6-7,14,19H,2,5,8-13H2,1H3. The molecule has 0 aromatic heterocycles. The Morgan fingerprint density at radius 3 is 2.95 bits per heavy atom. The van der Waals surface area contributed by atoms with Gasteiger partial charge in [-0.25, -0.2) is 0 Å². The van der Waals surface area contributed by atoms with E-state index < -0.39 is 0 Å². The molecular weight excluding hydrogens is 300 g/mol. The summed E-state index contributed by atoms with van der Waals surface area (Å²) in [6.07, 6.45) is 3.30. The lowest BCUT2D eigenvalue weighted by Gasteiger charge is -2.28. The molecule has 5 heteroatoms. The van der Waals surface area contributed by atoms with Gasteiger partial charge in [-0.15, -0.1) is 0 Å². The van der Waals surface area contributed by atoms with Crippen molar-refractivity contribution in [2.45, 2.75) is 38.6 Å². The molecule has 1 N–H and O–H groups in total. The molecule has 1 saturated heterocycles. The Morgan fingerprint density at radius 2 is 2.27 bits per heavy atom. The minimum atomic E-state index is 0.235. The number of benzene rings is 1. The third kappa shape index (κ3) is 4.89. The minimum absolute atomic E-state index is 0.235. The molecule has 0 spiro atoms. The molecular formula is C17H25ClN2O2. The third-order valence-electron chi connectivity index (χ3n) is 3.89. The summed E-state index contributed by atoms with van der Waals surface area (Å²) in [5.41, 5.74) is 0. The highest BCUT2D eigenvalue weighted by molar-refractivity contribution is 6.32. The number of nitrogens with zero attached hydrogens (tertiary/aromatic N) is 1. The van der Waals surface area contributed by atoms with Crippen LogP contribution in [0.25, 0.3) is 0 Å². The SMILES string of the molecule is CCCN(C(=O)CCCOc1ccccc1Cl)C1CCNC1. The smallest absolute Gasteiger partial charge is 0.222 e. The van der Waals surface area contributed by atoms with Crippen LogP contribution in [0.5, 0.6) is 5.75 Å². The van der Waals surface area contributed by atoms with Crippen LogP contribution < -0.4 is 10.1 Å². The van der Waals surface area contributed by atoms with E-state index in [1.165, 1.54) is 0 Å². The van der Waals surface area contributed by atoms with E-state index in [2.05, 4.69) is 12.2 Å². The molecule has 122 valence electrons. The fourth-order valence-electron chi connectivity index (χ4n) is 2.77. The molecule has 1 fully saturated rings. The molecule has 1 aliphatic heterocycles. The van der Waals surface area contributed by atoms with Crippen LogP contribution in [-0.2, 0) is 4.79 Å². The van der Waals surface area contributed by atoms with Gasteiger partial charge < -0.3 is 15.0 Å². The van der Waals surface area contributed by atoms with Crippen molar-refractivity contribution in [3.8, 4) is 5.75 Å². The van der Waals surface area contributed by atoms with E-state index in [9.17, 15) is 4.79 Å². The molecule has 22 heavy (non-hydrogen) atoms. The van der Waals surface area contributed by atoms with Gasteiger partial charge in [-0.2, -0.15) is 0 Å². The van der Waals surface area contributed by atoms with Crippen LogP contribution in [0.2, 0.25) is 5.02 Å². The second-order valence-corrected chi connectivity index (χ2v) is 6.02. The van der Waals surface area contributed by atoms with Gasteiger partial charge in [0.2, 0.25) is 5.91 Å². The van der Waals surface area contributed by atoms with E-state index in [0.29, 0.717) is 36.3 Å². The van der Waals surface area contributed by atoms with Gasteiger partial charge in [0.15, 0.2) is 0 Å². The average molecular weight is 325 g/mol. The van der Waals surface area contributed by atoms with Crippen LogP contribution in [0.4, 0.5) is 0 Å². The number of hydrogen-bond acceptors (Lipinski definition) is 3. The number of ether oxygens (including phenoxy) is 1. The van der Waals surface area contributed by atoms with E-state index in [-0.39, 0.29) is 5.91 Å². The second-order valence-electron chi connectivity index (χ2n) is 5.62. The van der Waals surface area contributed by atoms with Gasteiger partial charge in [-0.1, -0.05) is 30.7 Å². The molecule has 1 unspecified atom stereocenters. The number of carbonyl (C=O) groups is 1. The minimum Gasteiger partial charge on any atom is -0.492 e. The number of para-hydroxylation sites is 1. The summed E-state index contributed by atoms with van der Waals surface area (Å²) in [5.74, 6) is 0.917. The van der Waals surface area contributed by atoms with Crippen molar-refractivity contribution in [3.05, 3.63) is 29.3 Å². The number of rotatable bonds is 8. The van der Waals surface area contributed by atoms with Crippen molar-refractivity contribution in [1.29, 1.82) is 0 Å². The summed E-state index contributed by atoms with van der Waals surface area (Å²) in [7, 11) is 0. The molecule has 4 nitrogen and oxygen atoms in total. The maximum atomic E-state index is 12.4. The number of nitrogens with one attached hydrogen (secondary N) is 1. The summed E-state index contributed by atoms with van der Waals surface area (Å²) < 4.78 is 5.64. The average Bonchev–Trinajstić information content (AvgIpc) is 3.04. The topological polar surface area (TPSA) is 41.6 Å². The normalized spacial score (nSPS) is 17.5. The van der Waals surface area contributed by atoms with Crippen molar-refractivity contribution in [1.82, 2.24) is 10.2 Å². The highest BCUT2D eigenvalue weighted by Gasteiger charge is 2.25. The van der Waals surface area contributed by atoms with Crippen LogP contribution >= 0.6 is 11.6 Å². The number of hydrogen-bond donors (Lipinski definition) is 1. The van der Waals surface area contributed by atoms with Crippen molar-refractivity contribution >= 4 is 17.5 Å². The number of halogens is 1. The first-order valence-electron chi connectivity index (χ1n) is 8.10. The molecule has 1 aromatic carbocycles. The molecule has 1 atom stereocenters. The zero-order chi connectivity index (χ0) is 15.8. The third-order valence-corrected chi connectivity index (χ3v) is 4.20. The van der Waals surface area contributed by atoms with Crippen LogP contribution in [0.15, 0.2) is 24.3 Å². The Hall–Kier alpha value is -1.26. The van der Waals surface area contributed by atoms with E-state index in [1.807, 2.05) is 23.1 Å². The number of carbonyl (C=O) groups excluding carboxylic acids is 1. The highest BCUT2D eigenvalue weighted by atomic mass is 35.5. The molecule has 1 heterocycles. The zero-order valence-electron chi connectivity index (χ0n) is 13.2. The fraction of sp³-hybridized carbons (Fsp3) is 0.588. The van der Waals surface area contributed by atoms with E-state index in [4.69, 9.17) is 16.3 Å². The number of amides is 1. The van der Waals surface area contributed by atoms with Gasteiger partial charge in [-0.3, -0.25) is 4.79 Å². The maximum Gasteiger partial charge on any atom is 0.222 e. The van der Waals surface area contributed by atoms with Crippen molar-refractivity contribution in [3.63, 3.8) is 0 Å². The zero-order valence-corrected chi connectivity index (χ0v) is 13.9. The van der Waals surface area contributed by atoms with Crippen LogP contribution in [0.3, 0.4) is 0 Å². The molecule has 0 bridgehead atoms. The second kappa shape index (κ2) is 9.01. The molecule has 0 radical (unpaired) electrons. The van der Waals surface area contributed by atoms with Crippen molar-refractivity contribution in [2.75, 3.05) is 26.2 Å². The maximum absolute atomic E-state index is 12.4. The lowest BCUT2D eigenvalue weighted by molar-refractivity contribution is -0.133. The molecule has 1 aliphatic rings. The van der Waals surface area contributed by atoms with Gasteiger partial charge in [-0.05, 0) is 37.9 Å². The van der Waals surface area contributed by atoms with Crippen LogP contribution in [-0.4, -0.2) is 43.1 Å². The van der Waals surface area contributed by atoms with Crippen molar-refractivity contribution < 1.29 is 9.53 Å². The van der Waals surface area contributed by atoms with E-state index in [0.717, 1.165) is 32.5 Å². The highest BCUT2D eigenvalue weighted by Crippen LogP contribution is 2.23. The molecule has 1 aromatic rings. The molecule has 2 rings (SSSR count). The first-order chi connectivity index (χ1) is 10.7. The summed E-state index contributed by atoms with van der Waals surface area (Å²) in [6.45, 7) is 5.40. The molecule has 1 amide bonds. The lowest BCUT2D eigenvalue weighted by atomic mass is 10.1. The lowest BCUT2D eigenvalue weighted by Crippen LogP contribution is -2.42. The quantitative estimate of drug-likeness (QED) is 0.747. The van der Waals surface area contributed by atoms with E-state index in [1.54, 1.807) is 6.07 Å². The van der Waals surface area contributed by atoms with Gasteiger partial charge in [0.25, 0.3) is 0 Å². The predicted molar refractivity (Wildman–Crippen MR) is 89.5 cm³/mol. The Morgan fingerprint density at radius 1 is 1.45 bits per heavy atom. The Balaban J connectivity index is 1.74. The van der Waals surface area contributed by atoms with Gasteiger partial charge in [0, 0.05) is 25.6 Å². The van der Waals surface area contributed by atoms with Crippen LogP contribution in [0.1, 0.15) is 32.6 Å². The summed E-state index contributed by atoms with van der Waals surface area (Å²) in [6, 6.07) is 7.77. The summed E-state index contributed by atoms with van der Waals surface area (Å²) >= 11 is 6.04. The van der Waals surface area contributed by atoms with E-state index >= 15 is 0 Å². The van der Waals surface area contributed by atoms with Gasteiger partial charge >= 0.3 is 0 Å². The van der Waals surface area contributed by atoms with Gasteiger partial charge in [0.1, 0.15) is 5.75 Å². The van der Waals surface area contributed by atoms with Crippen molar-refractivity contribution in [2.24, 2.45) is 0 Å². The monoisotopic (exact) mass is 324 g/mol. The Labute approximate surface area is 137 Å². The largest absolute Gasteiger partial charge is 0.492 e. The first-order valence-corrected chi connectivity index (χ1v) is 8.47. The van der Waals surface area contributed by atoms with Gasteiger partial charge in [0.05, 0.1) is 11.6 Å².